The van der Waals surface area contributed by atoms with Gasteiger partial charge in [-0.25, -0.2) is 4.98 Å². The van der Waals surface area contributed by atoms with Gasteiger partial charge < -0.3 is 5.32 Å². The number of pyridine rings is 1. The molecule has 0 bridgehead atoms. The lowest BCUT2D eigenvalue weighted by Crippen LogP contribution is -1.97. The number of halogens is 1. The Kier molecular flexibility index (Phi) is 3.36. The lowest BCUT2D eigenvalue weighted by atomic mass is 10.1. The summed E-state index contributed by atoms with van der Waals surface area (Å²) in [7, 11) is 0. The fourth-order valence-corrected chi connectivity index (χ4v) is 2.57. The van der Waals surface area contributed by atoms with Gasteiger partial charge in [-0.1, -0.05) is 40.2 Å². The summed E-state index contributed by atoms with van der Waals surface area (Å²) in [5.74, 6) is 0.572. The first-order valence-electron chi connectivity index (χ1n) is 6.09. The van der Waals surface area contributed by atoms with Crippen molar-refractivity contribution in [3.63, 3.8) is 0 Å². The summed E-state index contributed by atoms with van der Waals surface area (Å²) in [6.07, 6.45) is 1.67. The molecule has 96 valence electrons. The van der Waals surface area contributed by atoms with Crippen LogP contribution in [0.5, 0.6) is 0 Å². The third-order valence-electron chi connectivity index (χ3n) is 3.05. The van der Waals surface area contributed by atoms with Crippen molar-refractivity contribution in [1.29, 1.82) is 5.26 Å². The van der Waals surface area contributed by atoms with Gasteiger partial charge in [0.2, 0.25) is 0 Å². The van der Waals surface area contributed by atoms with Crippen LogP contribution >= 0.6 is 15.9 Å². The average Bonchev–Trinajstić information content (AvgIpc) is 2.51. The maximum absolute atomic E-state index is 9.12. The lowest BCUT2D eigenvalue weighted by Gasteiger charge is -2.11. The van der Waals surface area contributed by atoms with E-state index in [0.717, 1.165) is 20.9 Å². The van der Waals surface area contributed by atoms with Crippen molar-refractivity contribution in [1.82, 2.24) is 4.98 Å². The number of nitrogens with one attached hydrogen (secondary N) is 1. The quantitative estimate of drug-likeness (QED) is 0.749. The van der Waals surface area contributed by atoms with Crippen LogP contribution in [0.2, 0.25) is 0 Å². The van der Waals surface area contributed by atoms with Crippen LogP contribution < -0.4 is 5.32 Å². The predicted octanol–water partition coefficient (Wildman–Crippen LogP) is 4.61. The summed E-state index contributed by atoms with van der Waals surface area (Å²) >= 11 is 3.55. The zero-order chi connectivity index (χ0) is 13.9. The van der Waals surface area contributed by atoms with Gasteiger partial charge in [-0.3, -0.25) is 0 Å². The Labute approximate surface area is 125 Å². The number of aromatic nitrogens is 1. The summed E-state index contributed by atoms with van der Waals surface area (Å²) in [5, 5.41) is 14.6. The van der Waals surface area contributed by atoms with Crippen LogP contribution in [0, 0.1) is 11.3 Å². The normalized spacial score (nSPS) is 10.2. The van der Waals surface area contributed by atoms with Gasteiger partial charge in [0.1, 0.15) is 11.9 Å². The molecule has 20 heavy (non-hydrogen) atoms. The Bertz CT molecular complexity index is 821. The van der Waals surface area contributed by atoms with Crippen LogP contribution in [0.1, 0.15) is 5.56 Å². The molecule has 3 rings (SSSR count). The lowest BCUT2D eigenvalue weighted by molar-refractivity contribution is 1.29. The van der Waals surface area contributed by atoms with E-state index in [1.54, 1.807) is 18.3 Å². The van der Waals surface area contributed by atoms with Crippen molar-refractivity contribution < 1.29 is 0 Å². The molecule has 0 saturated heterocycles. The number of nitriles is 1. The molecule has 3 nitrogen and oxygen atoms in total. The van der Waals surface area contributed by atoms with Crippen molar-refractivity contribution in [2.45, 2.75) is 0 Å². The molecule has 1 heterocycles. The van der Waals surface area contributed by atoms with Crippen molar-refractivity contribution in [3.05, 3.63) is 64.8 Å². The van der Waals surface area contributed by atoms with Crippen molar-refractivity contribution in [3.8, 4) is 6.07 Å². The predicted molar refractivity (Wildman–Crippen MR) is 83.9 cm³/mol. The molecule has 0 fully saturated rings. The third kappa shape index (κ3) is 2.24. The summed E-state index contributed by atoms with van der Waals surface area (Å²) < 4.78 is 1.04. The number of hydrogen-bond donors (Lipinski definition) is 1. The molecule has 1 N–H and O–H groups in total. The number of fused-ring (bicyclic) bond motifs is 1. The van der Waals surface area contributed by atoms with E-state index in [9.17, 15) is 0 Å². The standard InChI is InChI=1S/C16H10BrN3/c17-14-7-8-15(13-6-2-1-5-12(13)14)20-16-11(10-18)4-3-9-19-16/h1-9H,(H,19,20). The van der Waals surface area contributed by atoms with Gasteiger partial charge in [-0.15, -0.1) is 0 Å². The molecule has 0 atom stereocenters. The second-order valence-electron chi connectivity index (χ2n) is 4.28. The number of nitrogens with zero attached hydrogens (tertiary/aromatic N) is 2. The first-order valence-corrected chi connectivity index (χ1v) is 6.88. The van der Waals surface area contributed by atoms with E-state index in [0.29, 0.717) is 11.4 Å². The molecule has 2 aromatic carbocycles. The van der Waals surface area contributed by atoms with Crippen molar-refractivity contribution in [2.24, 2.45) is 0 Å². The maximum atomic E-state index is 9.12. The molecule has 0 spiro atoms. The fraction of sp³-hybridized carbons (Fsp3) is 0. The van der Waals surface area contributed by atoms with E-state index in [2.05, 4.69) is 32.3 Å². The van der Waals surface area contributed by atoms with Gasteiger partial charge in [0.25, 0.3) is 0 Å². The Balaban J connectivity index is 2.12. The molecule has 0 amide bonds. The fourth-order valence-electron chi connectivity index (χ4n) is 2.09. The molecular formula is C16H10BrN3. The zero-order valence-corrected chi connectivity index (χ0v) is 12.1. The van der Waals surface area contributed by atoms with Crippen molar-refractivity contribution >= 4 is 38.2 Å². The molecule has 0 aliphatic heterocycles. The average molecular weight is 324 g/mol. The summed E-state index contributed by atoms with van der Waals surface area (Å²) in [6, 6.07) is 17.7. The summed E-state index contributed by atoms with van der Waals surface area (Å²) in [5.41, 5.74) is 1.46. The van der Waals surface area contributed by atoms with Crippen LogP contribution in [-0.4, -0.2) is 4.98 Å². The minimum Gasteiger partial charge on any atom is -0.339 e. The maximum Gasteiger partial charge on any atom is 0.148 e. The smallest absolute Gasteiger partial charge is 0.148 e. The van der Waals surface area contributed by atoms with Gasteiger partial charge in [0.15, 0.2) is 0 Å². The number of anilines is 2. The van der Waals surface area contributed by atoms with E-state index < -0.39 is 0 Å². The SMILES string of the molecule is N#Cc1cccnc1Nc1ccc(Br)c2ccccc12. The molecule has 1 aromatic heterocycles. The van der Waals surface area contributed by atoms with Crippen LogP contribution in [-0.2, 0) is 0 Å². The van der Waals surface area contributed by atoms with Gasteiger partial charge in [0, 0.05) is 21.7 Å². The van der Waals surface area contributed by atoms with E-state index in [-0.39, 0.29) is 0 Å². The first-order chi connectivity index (χ1) is 9.79. The molecule has 0 aliphatic carbocycles. The van der Waals surface area contributed by atoms with Crippen LogP contribution in [0.4, 0.5) is 11.5 Å². The minimum atomic E-state index is 0.527. The first kappa shape index (κ1) is 12.6. The molecule has 4 heteroatoms. The number of hydrogen-bond acceptors (Lipinski definition) is 3. The summed E-state index contributed by atoms with van der Waals surface area (Å²) in [4.78, 5) is 4.23. The van der Waals surface area contributed by atoms with E-state index in [1.165, 1.54) is 0 Å². The van der Waals surface area contributed by atoms with Crippen molar-refractivity contribution in [2.75, 3.05) is 5.32 Å². The zero-order valence-electron chi connectivity index (χ0n) is 10.5. The second kappa shape index (κ2) is 5.32. The van der Waals surface area contributed by atoms with Gasteiger partial charge in [-0.2, -0.15) is 5.26 Å². The highest BCUT2D eigenvalue weighted by atomic mass is 79.9. The van der Waals surface area contributed by atoms with Gasteiger partial charge >= 0.3 is 0 Å². The topological polar surface area (TPSA) is 48.7 Å². The molecule has 0 radical (unpaired) electrons. The number of rotatable bonds is 2. The monoisotopic (exact) mass is 323 g/mol. The third-order valence-corrected chi connectivity index (χ3v) is 3.74. The van der Waals surface area contributed by atoms with E-state index in [4.69, 9.17) is 5.26 Å². The van der Waals surface area contributed by atoms with Crippen LogP contribution in [0.3, 0.4) is 0 Å². The largest absolute Gasteiger partial charge is 0.339 e. The van der Waals surface area contributed by atoms with Crippen LogP contribution in [0.25, 0.3) is 10.8 Å². The highest BCUT2D eigenvalue weighted by Crippen LogP contribution is 2.31. The molecule has 3 aromatic rings. The Hall–Kier alpha value is -2.38. The summed E-state index contributed by atoms with van der Waals surface area (Å²) in [6.45, 7) is 0. The highest BCUT2D eigenvalue weighted by molar-refractivity contribution is 9.10. The molecule has 0 unspecified atom stereocenters. The number of benzene rings is 2. The molecular weight excluding hydrogens is 314 g/mol. The Morgan fingerprint density at radius 1 is 1.00 bits per heavy atom. The molecule has 0 aliphatic rings. The van der Waals surface area contributed by atoms with Crippen LogP contribution in [0.15, 0.2) is 59.2 Å². The molecule has 0 saturated carbocycles. The Morgan fingerprint density at radius 3 is 2.60 bits per heavy atom. The highest BCUT2D eigenvalue weighted by Gasteiger charge is 2.07. The second-order valence-corrected chi connectivity index (χ2v) is 5.13. The Morgan fingerprint density at radius 2 is 1.80 bits per heavy atom. The van der Waals surface area contributed by atoms with Gasteiger partial charge in [0.05, 0.1) is 5.56 Å². The van der Waals surface area contributed by atoms with E-state index >= 15 is 0 Å². The van der Waals surface area contributed by atoms with E-state index in [1.807, 2.05) is 36.4 Å². The minimum absolute atomic E-state index is 0.527. The van der Waals surface area contributed by atoms with Gasteiger partial charge in [-0.05, 0) is 29.7 Å².